The third kappa shape index (κ3) is 5.62. The van der Waals surface area contributed by atoms with E-state index in [-0.39, 0.29) is 0 Å². The van der Waals surface area contributed by atoms with Crippen molar-refractivity contribution < 1.29 is 4.42 Å². The highest BCUT2D eigenvalue weighted by atomic mass is 16.3. The lowest BCUT2D eigenvalue weighted by molar-refractivity contribution is 0.670. The van der Waals surface area contributed by atoms with Crippen LogP contribution in [0.1, 0.15) is 0 Å². The first kappa shape index (κ1) is 31.6. The monoisotopic (exact) mass is 689 g/mol. The van der Waals surface area contributed by atoms with Crippen LogP contribution in [0.15, 0.2) is 217 Å². The summed E-state index contributed by atoms with van der Waals surface area (Å²) in [5.74, 6) is 0. The Bertz CT molecular complexity index is 2900. The molecule has 1 heterocycles. The minimum Gasteiger partial charge on any atom is -0.455 e. The average Bonchev–Trinajstić information content (AvgIpc) is 3.64. The van der Waals surface area contributed by atoms with Crippen LogP contribution in [-0.4, -0.2) is 0 Å². The Morgan fingerprint density at radius 2 is 0.778 bits per heavy atom. The maximum atomic E-state index is 6.40. The van der Waals surface area contributed by atoms with Gasteiger partial charge in [-0.2, -0.15) is 0 Å². The first-order chi connectivity index (χ1) is 26.8. The van der Waals surface area contributed by atoms with Crippen LogP contribution in [0.4, 0.5) is 17.1 Å². The zero-order valence-corrected chi connectivity index (χ0v) is 29.6. The maximum Gasteiger partial charge on any atom is 0.143 e. The Balaban J connectivity index is 1.03. The van der Waals surface area contributed by atoms with E-state index in [0.717, 1.165) is 50.1 Å². The molecular formula is C52H35NO. The summed E-state index contributed by atoms with van der Waals surface area (Å²) in [6.07, 6.45) is 0. The molecule has 54 heavy (non-hydrogen) atoms. The van der Waals surface area contributed by atoms with Gasteiger partial charge in [-0.25, -0.2) is 0 Å². The molecule has 254 valence electrons. The zero-order valence-electron chi connectivity index (χ0n) is 29.6. The summed E-state index contributed by atoms with van der Waals surface area (Å²) in [4.78, 5) is 2.36. The third-order valence-electron chi connectivity index (χ3n) is 10.5. The lowest BCUT2D eigenvalue weighted by Gasteiger charge is -2.28. The van der Waals surface area contributed by atoms with E-state index < -0.39 is 0 Å². The first-order valence-corrected chi connectivity index (χ1v) is 18.4. The number of furan rings is 1. The molecule has 2 heteroatoms. The topological polar surface area (TPSA) is 16.4 Å². The Labute approximate surface area is 314 Å². The number of anilines is 3. The highest BCUT2D eigenvalue weighted by Gasteiger charge is 2.18. The highest BCUT2D eigenvalue weighted by Crippen LogP contribution is 2.43. The van der Waals surface area contributed by atoms with Gasteiger partial charge in [-0.1, -0.05) is 176 Å². The van der Waals surface area contributed by atoms with Gasteiger partial charge in [-0.15, -0.1) is 0 Å². The number of para-hydroxylation sites is 3. The molecule has 10 aromatic rings. The summed E-state index contributed by atoms with van der Waals surface area (Å²) in [7, 11) is 0. The van der Waals surface area contributed by atoms with Crippen molar-refractivity contribution in [3.05, 3.63) is 212 Å². The maximum absolute atomic E-state index is 6.40. The van der Waals surface area contributed by atoms with E-state index in [4.69, 9.17) is 4.42 Å². The quantitative estimate of drug-likeness (QED) is 0.166. The Morgan fingerprint density at radius 1 is 0.296 bits per heavy atom. The summed E-state index contributed by atoms with van der Waals surface area (Å²) in [6, 6.07) is 75.8. The Kier molecular flexibility index (Phi) is 7.85. The van der Waals surface area contributed by atoms with Crippen LogP contribution >= 0.6 is 0 Å². The van der Waals surface area contributed by atoms with E-state index >= 15 is 0 Å². The molecule has 0 saturated heterocycles. The van der Waals surface area contributed by atoms with Crippen molar-refractivity contribution in [2.24, 2.45) is 0 Å². The summed E-state index contributed by atoms with van der Waals surface area (Å²) < 4.78 is 6.40. The van der Waals surface area contributed by atoms with Crippen LogP contribution in [-0.2, 0) is 0 Å². The van der Waals surface area contributed by atoms with Gasteiger partial charge in [0.1, 0.15) is 11.2 Å². The molecule has 9 aromatic carbocycles. The van der Waals surface area contributed by atoms with Crippen LogP contribution in [0.25, 0.3) is 77.2 Å². The summed E-state index contributed by atoms with van der Waals surface area (Å²) >= 11 is 0. The van der Waals surface area contributed by atoms with E-state index in [1.54, 1.807) is 0 Å². The molecule has 0 atom stereocenters. The molecule has 0 spiro atoms. The van der Waals surface area contributed by atoms with Crippen molar-refractivity contribution in [2.75, 3.05) is 4.90 Å². The van der Waals surface area contributed by atoms with E-state index in [9.17, 15) is 0 Å². The van der Waals surface area contributed by atoms with Gasteiger partial charge >= 0.3 is 0 Å². The van der Waals surface area contributed by atoms with Gasteiger partial charge in [-0.05, 0) is 80.6 Å². The molecule has 0 fully saturated rings. The fourth-order valence-electron chi connectivity index (χ4n) is 7.84. The predicted octanol–water partition coefficient (Wildman–Crippen LogP) is 14.9. The fourth-order valence-corrected chi connectivity index (χ4v) is 7.84. The van der Waals surface area contributed by atoms with Crippen molar-refractivity contribution in [1.82, 2.24) is 0 Å². The van der Waals surface area contributed by atoms with Crippen LogP contribution in [0, 0.1) is 0 Å². The van der Waals surface area contributed by atoms with E-state index in [2.05, 4.69) is 205 Å². The molecule has 0 unspecified atom stereocenters. The second kappa shape index (κ2) is 13.4. The second-order valence-corrected chi connectivity index (χ2v) is 13.7. The van der Waals surface area contributed by atoms with Gasteiger partial charge in [0, 0.05) is 33.3 Å². The lowest BCUT2D eigenvalue weighted by Crippen LogP contribution is -2.11. The normalized spacial score (nSPS) is 11.3. The van der Waals surface area contributed by atoms with Gasteiger partial charge in [0.05, 0.1) is 5.69 Å². The van der Waals surface area contributed by atoms with Crippen LogP contribution < -0.4 is 4.90 Å². The van der Waals surface area contributed by atoms with Gasteiger partial charge in [0.25, 0.3) is 0 Å². The number of benzene rings is 9. The molecule has 0 N–H and O–H groups in total. The van der Waals surface area contributed by atoms with Crippen molar-refractivity contribution in [3.8, 4) is 44.5 Å². The van der Waals surface area contributed by atoms with Crippen molar-refractivity contribution in [3.63, 3.8) is 0 Å². The number of fused-ring (bicyclic) bond motifs is 4. The lowest BCUT2D eigenvalue weighted by atomic mass is 9.96. The summed E-state index contributed by atoms with van der Waals surface area (Å²) in [6.45, 7) is 0. The highest BCUT2D eigenvalue weighted by molar-refractivity contribution is 6.09. The average molecular weight is 690 g/mol. The second-order valence-electron chi connectivity index (χ2n) is 13.7. The van der Waals surface area contributed by atoms with Gasteiger partial charge in [-0.3, -0.25) is 0 Å². The SMILES string of the molecule is c1ccc(-c2ccccc2N(c2ccc(-c3ccc(-c4cccc5ccccc45)cc3)cc2)c2ccc(-c3cccc4c3oc3ccccc34)cc2)cc1. The Morgan fingerprint density at radius 3 is 1.56 bits per heavy atom. The molecule has 0 aliphatic heterocycles. The van der Waals surface area contributed by atoms with Crippen molar-refractivity contribution >= 4 is 49.8 Å². The van der Waals surface area contributed by atoms with Crippen molar-refractivity contribution in [2.45, 2.75) is 0 Å². The fraction of sp³-hybridized carbons (Fsp3) is 0. The number of nitrogens with zero attached hydrogens (tertiary/aromatic N) is 1. The molecule has 2 nitrogen and oxygen atoms in total. The van der Waals surface area contributed by atoms with Crippen molar-refractivity contribution in [1.29, 1.82) is 0 Å². The molecule has 0 aliphatic carbocycles. The van der Waals surface area contributed by atoms with Gasteiger partial charge in [0.15, 0.2) is 0 Å². The Hall–Kier alpha value is -7.16. The molecule has 1 aromatic heterocycles. The van der Waals surface area contributed by atoms with Crippen LogP contribution in [0.2, 0.25) is 0 Å². The number of hydrogen-bond acceptors (Lipinski definition) is 2. The molecule has 0 aliphatic rings. The molecule has 0 radical (unpaired) electrons. The largest absolute Gasteiger partial charge is 0.455 e. The molecule has 0 saturated carbocycles. The number of rotatable bonds is 7. The van der Waals surface area contributed by atoms with Crippen LogP contribution in [0.5, 0.6) is 0 Å². The molecular weight excluding hydrogens is 655 g/mol. The van der Waals surface area contributed by atoms with E-state index in [1.807, 2.05) is 12.1 Å². The number of hydrogen-bond donors (Lipinski definition) is 0. The van der Waals surface area contributed by atoms with Gasteiger partial charge in [0.2, 0.25) is 0 Å². The zero-order chi connectivity index (χ0) is 35.8. The molecule has 10 rings (SSSR count). The van der Waals surface area contributed by atoms with Gasteiger partial charge < -0.3 is 9.32 Å². The molecule has 0 amide bonds. The third-order valence-corrected chi connectivity index (χ3v) is 10.5. The standard InChI is InChI=1S/C52H35NO/c1-2-12-39(13-3-1)46-17-6-8-22-50(46)53(43-34-30-41(31-35-43)47-20-11-21-49-48-18-7-9-23-51(48)54-52(47)49)42-32-28-37(29-33-42)36-24-26-40(27-25-36)45-19-10-15-38-14-4-5-16-44(38)45/h1-35H. The predicted molar refractivity (Wildman–Crippen MR) is 228 cm³/mol. The summed E-state index contributed by atoms with van der Waals surface area (Å²) in [5, 5.41) is 4.80. The first-order valence-electron chi connectivity index (χ1n) is 18.4. The minimum absolute atomic E-state index is 0.907. The van der Waals surface area contributed by atoms with E-state index in [0.29, 0.717) is 0 Å². The van der Waals surface area contributed by atoms with E-state index in [1.165, 1.54) is 44.2 Å². The molecule has 0 bridgehead atoms. The minimum atomic E-state index is 0.907. The van der Waals surface area contributed by atoms with Crippen LogP contribution in [0.3, 0.4) is 0 Å². The smallest absolute Gasteiger partial charge is 0.143 e. The summed E-state index contributed by atoms with van der Waals surface area (Å²) in [5.41, 5.74) is 14.5.